The first-order valence-electron chi connectivity index (χ1n) is 9.23. The van der Waals surface area contributed by atoms with E-state index in [-0.39, 0.29) is 11.2 Å². The number of hydrogen-bond donors (Lipinski definition) is 2. The Morgan fingerprint density at radius 1 is 1.19 bits per heavy atom. The van der Waals surface area contributed by atoms with E-state index < -0.39 is 9.84 Å². The third-order valence-electron chi connectivity index (χ3n) is 5.12. The van der Waals surface area contributed by atoms with E-state index in [1.807, 2.05) is 6.07 Å². The van der Waals surface area contributed by atoms with Crippen LogP contribution in [0.4, 0.5) is 0 Å². The van der Waals surface area contributed by atoms with Crippen molar-refractivity contribution < 1.29 is 13.2 Å². The zero-order chi connectivity index (χ0) is 18.9. The summed E-state index contributed by atoms with van der Waals surface area (Å²) in [5.41, 5.74) is 0.254. The van der Waals surface area contributed by atoms with Crippen molar-refractivity contribution in [2.45, 2.75) is 37.0 Å². The number of aliphatic imine (C=N–C) groups is 1. The van der Waals surface area contributed by atoms with Crippen molar-refractivity contribution in [3.05, 3.63) is 30.3 Å². The van der Waals surface area contributed by atoms with Gasteiger partial charge in [0, 0.05) is 33.9 Å². The number of nitrogens with zero attached hydrogens (tertiary/aromatic N) is 1. The average molecular weight is 382 g/mol. The number of methoxy groups -OCH3 is 1. The average Bonchev–Trinajstić information content (AvgIpc) is 3.12. The van der Waals surface area contributed by atoms with Gasteiger partial charge < -0.3 is 15.4 Å². The van der Waals surface area contributed by atoms with Gasteiger partial charge in [0.25, 0.3) is 0 Å². The predicted molar refractivity (Wildman–Crippen MR) is 105 cm³/mol. The molecule has 7 heteroatoms. The zero-order valence-electron chi connectivity index (χ0n) is 15.8. The molecule has 1 fully saturated rings. The fraction of sp³-hybridized carbons (Fsp3) is 0.632. The van der Waals surface area contributed by atoms with Crippen molar-refractivity contribution in [1.29, 1.82) is 0 Å². The van der Waals surface area contributed by atoms with E-state index in [1.165, 1.54) is 25.7 Å². The zero-order valence-corrected chi connectivity index (χ0v) is 16.6. The summed E-state index contributed by atoms with van der Waals surface area (Å²) >= 11 is 0. The molecule has 1 aromatic carbocycles. The van der Waals surface area contributed by atoms with Crippen molar-refractivity contribution in [3.63, 3.8) is 0 Å². The summed E-state index contributed by atoms with van der Waals surface area (Å²) in [6.45, 7) is 1.92. The number of rotatable bonds is 9. The molecule has 1 aliphatic carbocycles. The summed E-state index contributed by atoms with van der Waals surface area (Å²) in [7, 11) is 0.165. The molecule has 1 saturated carbocycles. The highest BCUT2D eigenvalue weighted by atomic mass is 32.2. The molecule has 0 atom stereocenters. The van der Waals surface area contributed by atoms with Crippen LogP contribution in [0.15, 0.2) is 40.2 Å². The Balaban J connectivity index is 1.82. The van der Waals surface area contributed by atoms with Crippen molar-refractivity contribution in [1.82, 2.24) is 10.6 Å². The van der Waals surface area contributed by atoms with Crippen LogP contribution in [-0.4, -0.2) is 54.0 Å². The summed E-state index contributed by atoms with van der Waals surface area (Å²) in [6.07, 6.45) is 5.95. The standard InChI is InChI=1S/C19H31N3O3S/c1-20-18(22-16-19(12-14-25-2)10-6-7-11-19)21-13-15-26(23,24)17-8-4-3-5-9-17/h3-5,8-9H,6-7,10-16H2,1-2H3,(H2,20,21,22). The van der Waals surface area contributed by atoms with Gasteiger partial charge in [-0.3, -0.25) is 4.99 Å². The molecular weight excluding hydrogens is 350 g/mol. The fourth-order valence-electron chi connectivity index (χ4n) is 3.50. The highest BCUT2D eigenvalue weighted by Crippen LogP contribution is 2.40. The minimum absolute atomic E-state index is 0.0343. The molecule has 26 heavy (non-hydrogen) atoms. The highest BCUT2D eigenvalue weighted by Gasteiger charge is 2.33. The molecule has 1 aliphatic rings. The fourth-order valence-corrected chi connectivity index (χ4v) is 4.68. The summed E-state index contributed by atoms with van der Waals surface area (Å²) in [6, 6.07) is 8.54. The number of guanidine groups is 1. The first-order valence-corrected chi connectivity index (χ1v) is 10.9. The van der Waals surface area contributed by atoms with Crippen LogP contribution in [-0.2, 0) is 14.6 Å². The van der Waals surface area contributed by atoms with Crippen molar-refractivity contribution >= 4 is 15.8 Å². The van der Waals surface area contributed by atoms with Crippen LogP contribution in [0, 0.1) is 5.41 Å². The number of benzene rings is 1. The van der Waals surface area contributed by atoms with Crippen LogP contribution in [0.1, 0.15) is 32.1 Å². The Morgan fingerprint density at radius 2 is 1.88 bits per heavy atom. The molecule has 0 spiro atoms. The summed E-state index contributed by atoms with van der Waals surface area (Å²) < 4.78 is 29.9. The lowest BCUT2D eigenvalue weighted by atomic mass is 9.83. The predicted octanol–water partition coefficient (Wildman–Crippen LogP) is 2.22. The quantitative estimate of drug-likeness (QED) is 0.506. The van der Waals surface area contributed by atoms with E-state index in [9.17, 15) is 8.42 Å². The minimum Gasteiger partial charge on any atom is -0.385 e. The van der Waals surface area contributed by atoms with E-state index in [4.69, 9.17) is 4.74 Å². The summed E-state index contributed by atoms with van der Waals surface area (Å²) in [5.74, 6) is 0.684. The largest absolute Gasteiger partial charge is 0.385 e. The Bertz CT molecular complexity index is 669. The van der Waals surface area contributed by atoms with E-state index in [0.717, 1.165) is 19.6 Å². The van der Waals surface area contributed by atoms with Crippen molar-refractivity contribution in [2.75, 3.05) is 39.6 Å². The van der Waals surface area contributed by atoms with Gasteiger partial charge in [0.1, 0.15) is 0 Å². The van der Waals surface area contributed by atoms with Crippen molar-refractivity contribution in [2.24, 2.45) is 10.4 Å². The second-order valence-electron chi connectivity index (χ2n) is 6.93. The van der Waals surface area contributed by atoms with Crippen LogP contribution in [0.25, 0.3) is 0 Å². The molecule has 0 heterocycles. The third kappa shape index (κ3) is 5.99. The van der Waals surface area contributed by atoms with Crippen molar-refractivity contribution in [3.8, 4) is 0 Å². The van der Waals surface area contributed by atoms with Gasteiger partial charge in [-0.25, -0.2) is 8.42 Å². The Hall–Kier alpha value is -1.60. The van der Waals surface area contributed by atoms with E-state index in [1.54, 1.807) is 38.4 Å². The number of nitrogens with one attached hydrogen (secondary N) is 2. The lowest BCUT2D eigenvalue weighted by molar-refractivity contribution is 0.138. The van der Waals surface area contributed by atoms with Gasteiger partial charge >= 0.3 is 0 Å². The third-order valence-corrected chi connectivity index (χ3v) is 6.85. The van der Waals surface area contributed by atoms with Gasteiger partial charge in [-0.05, 0) is 36.8 Å². The molecule has 6 nitrogen and oxygen atoms in total. The van der Waals surface area contributed by atoms with Gasteiger partial charge in [0.05, 0.1) is 10.6 Å². The molecular formula is C19H31N3O3S. The second kappa shape index (κ2) is 9.92. The Morgan fingerprint density at radius 3 is 2.50 bits per heavy atom. The van der Waals surface area contributed by atoms with Crippen LogP contribution in [0.2, 0.25) is 0 Å². The first-order chi connectivity index (χ1) is 12.5. The molecule has 0 amide bonds. The molecule has 1 aromatic rings. The van der Waals surface area contributed by atoms with E-state index in [2.05, 4.69) is 15.6 Å². The molecule has 0 unspecified atom stereocenters. The normalized spacial score (nSPS) is 17.2. The SMILES string of the molecule is CN=C(NCCS(=O)(=O)c1ccccc1)NCC1(CCOC)CCCC1. The van der Waals surface area contributed by atoms with Crippen LogP contribution < -0.4 is 10.6 Å². The minimum atomic E-state index is -3.28. The van der Waals surface area contributed by atoms with Crippen LogP contribution >= 0.6 is 0 Å². The smallest absolute Gasteiger partial charge is 0.191 e. The molecule has 0 aromatic heterocycles. The molecule has 2 rings (SSSR count). The lowest BCUT2D eigenvalue weighted by Crippen LogP contribution is -2.44. The maximum absolute atomic E-state index is 12.3. The number of hydrogen-bond acceptors (Lipinski definition) is 4. The molecule has 2 N–H and O–H groups in total. The molecule has 0 saturated heterocycles. The molecule has 146 valence electrons. The molecule has 0 aliphatic heterocycles. The maximum Gasteiger partial charge on any atom is 0.191 e. The van der Waals surface area contributed by atoms with Gasteiger partial charge in [-0.2, -0.15) is 0 Å². The summed E-state index contributed by atoms with van der Waals surface area (Å²) in [5, 5.41) is 6.50. The Labute approximate surface area is 157 Å². The number of ether oxygens (including phenoxy) is 1. The van der Waals surface area contributed by atoms with Gasteiger partial charge in [-0.15, -0.1) is 0 Å². The summed E-state index contributed by atoms with van der Waals surface area (Å²) in [4.78, 5) is 4.58. The Kier molecular flexibility index (Phi) is 7.90. The monoisotopic (exact) mass is 381 g/mol. The van der Waals surface area contributed by atoms with Gasteiger partial charge in [0.15, 0.2) is 15.8 Å². The van der Waals surface area contributed by atoms with E-state index >= 15 is 0 Å². The van der Waals surface area contributed by atoms with Crippen LogP contribution in [0.5, 0.6) is 0 Å². The number of sulfone groups is 1. The maximum atomic E-state index is 12.3. The van der Waals surface area contributed by atoms with Gasteiger partial charge in [0.2, 0.25) is 0 Å². The lowest BCUT2D eigenvalue weighted by Gasteiger charge is -2.29. The van der Waals surface area contributed by atoms with E-state index in [0.29, 0.717) is 17.4 Å². The second-order valence-corrected chi connectivity index (χ2v) is 9.04. The molecule has 0 bridgehead atoms. The first kappa shape index (κ1) is 20.7. The van der Waals surface area contributed by atoms with Crippen LogP contribution in [0.3, 0.4) is 0 Å². The topological polar surface area (TPSA) is 79.8 Å². The van der Waals surface area contributed by atoms with Gasteiger partial charge in [-0.1, -0.05) is 31.0 Å². The molecule has 0 radical (unpaired) electrons. The highest BCUT2D eigenvalue weighted by molar-refractivity contribution is 7.91.